The Labute approximate surface area is 110 Å². The summed E-state index contributed by atoms with van der Waals surface area (Å²) < 4.78 is 27.0. The van der Waals surface area contributed by atoms with Crippen molar-refractivity contribution in [3.8, 4) is 0 Å². The van der Waals surface area contributed by atoms with E-state index in [4.69, 9.17) is 0 Å². The Morgan fingerprint density at radius 2 is 1.17 bits per heavy atom. The second kappa shape index (κ2) is 4.56. The number of rotatable bonds is 1. The molecule has 0 spiro atoms. The Bertz CT molecular complexity index is 405. The van der Waals surface area contributed by atoms with Crippen molar-refractivity contribution in [2.75, 3.05) is 0 Å². The van der Waals surface area contributed by atoms with Gasteiger partial charge in [0.2, 0.25) is 0 Å². The van der Waals surface area contributed by atoms with E-state index in [1.807, 2.05) is 0 Å². The first kappa shape index (κ1) is 15.6. The molecular weight excluding hydrogens is 249 g/mol. The standard InChI is InChI=1S/C15H23F2P/c1-14(2,3)18(7,15(4,5)6)13-9-11(16)8-12(17)10-13/h8-10H,7H2,1-6H3. The maximum absolute atomic E-state index is 13.5. The van der Waals surface area contributed by atoms with Gasteiger partial charge < -0.3 is 0 Å². The van der Waals surface area contributed by atoms with Crippen molar-refractivity contribution >= 4 is 12.6 Å². The molecule has 102 valence electrons. The van der Waals surface area contributed by atoms with Crippen LogP contribution in [0.3, 0.4) is 0 Å². The molecule has 0 saturated heterocycles. The second-order valence-electron chi connectivity index (χ2n) is 6.78. The zero-order chi connectivity index (χ0) is 14.4. The van der Waals surface area contributed by atoms with Crippen molar-refractivity contribution in [2.24, 2.45) is 0 Å². The zero-order valence-corrected chi connectivity index (χ0v) is 13.0. The van der Waals surface area contributed by atoms with Gasteiger partial charge in [-0.3, -0.25) is 0 Å². The van der Waals surface area contributed by atoms with E-state index in [9.17, 15) is 8.78 Å². The quantitative estimate of drug-likeness (QED) is 0.498. The molecule has 0 atom stereocenters. The molecule has 0 heterocycles. The van der Waals surface area contributed by atoms with Gasteiger partial charge in [-0.05, 0) is 41.5 Å². The van der Waals surface area contributed by atoms with E-state index >= 15 is 0 Å². The van der Waals surface area contributed by atoms with E-state index in [1.165, 1.54) is 12.1 Å². The van der Waals surface area contributed by atoms with Gasteiger partial charge in [0.15, 0.2) is 0 Å². The number of benzene rings is 1. The Balaban J connectivity index is 3.55. The largest absolute Gasteiger partial charge is 0.207 e. The lowest BCUT2D eigenvalue weighted by Crippen LogP contribution is -2.38. The average molecular weight is 272 g/mol. The van der Waals surface area contributed by atoms with E-state index in [2.05, 4.69) is 48.2 Å². The predicted molar refractivity (Wildman–Crippen MR) is 77.8 cm³/mol. The normalized spacial score (nSPS) is 13.8. The summed E-state index contributed by atoms with van der Waals surface area (Å²) in [6, 6.07) is 3.81. The van der Waals surface area contributed by atoms with Crippen LogP contribution < -0.4 is 5.30 Å². The summed E-state index contributed by atoms with van der Waals surface area (Å²) in [6.07, 6.45) is 0. The molecule has 3 heteroatoms. The molecule has 0 aliphatic rings. The zero-order valence-electron chi connectivity index (χ0n) is 12.1. The number of hydrogen-bond donors (Lipinski definition) is 0. The monoisotopic (exact) mass is 272 g/mol. The van der Waals surface area contributed by atoms with Crippen LogP contribution in [0.2, 0.25) is 0 Å². The Kier molecular flexibility index (Phi) is 3.94. The van der Waals surface area contributed by atoms with Crippen LogP contribution in [0.25, 0.3) is 0 Å². The molecule has 1 rings (SSSR count). The van der Waals surface area contributed by atoms with E-state index in [-0.39, 0.29) is 10.3 Å². The van der Waals surface area contributed by atoms with E-state index < -0.39 is 18.9 Å². The Morgan fingerprint density at radius 1 is 0.833 bits per heavy atom. The Morgan fingerprint density at radius 3 is 1.44 bits per heavy atom. The summed E-state index contributed by atoms with van der Waals surface area (Å²) in [4.78, 5) is 0. The first-order chi connectivity index (χ1) is 7.89. The molecule has 18 heavy (non-hydrogen) atoms. The van der Waals surface area contributed by atoms with E-state index in [1.54, 1.807) is 0 Å². The summed E-state index contributed by atoms with van der Waals surface area (Å²) in [5.41, 5.74) is 0. The molecule has 0 bridgehead atoms. The smallest absolute Gasteiger partial charge is 0.129 e. The molecule has 0 saturated carbocycles. The lowest BCUT2D eigenvalue weighted by atomic mass is 10.2. The first-order valence-corrected chi connectivity index (χ1v) is 8.07. The van der Waals surface area contributed by atoms with Crippen LogP contribution in [-0.4, -0.2) is 10.3 Å². The van der Waals surface area contributed by atoms with Gasteiger partial charge in [0, 0.05) is 18.2 Å². The molecule has 1 aromatic carbocycles. The summed E-state index contributed by atoms with van der Waals surface area (Å²) in [6.45, 7) is 17.0. The van der Waals surface area contributed by atoms with Crippen molar-refractivity contribution in [3.63, 3.8) is 0 Å². The van der Waals surface area contributed by atoms with Crippen LogP contribution in [0.5, 0.6) is 0 Å². The van der Waals surface area contributed by atoms with Gasteiger partial charge in [0.05, 0.1) is 15.6 Å². The van der Waals surface area contributed by atoms with Gasteiger partial charge >= 0.3 is 0 Å². The summed E-state index contributed by atoms with van der Waals surface area (Å²) in [5, 5.41) is 0.511. The maximum Gasteiger partial charge on any atom is 0.129 e. The van der Waals surface area contributed by atoms with Crippen molar-refractivity contribution in [1.82, 2.24) is 0 Å². The third-order valence-corrected chi connectivity index (χ3v) is 9.30. The van der Waals surface area contributed by atoms with Crippen molar-refractivity contribution in [2.45, 2.75) is 51.9 Å². The van der Waals surface area contributed by atoms with Crippen LogP contribution in [0, 0.1) is 18.3 Å². The molecule has 0 aromatic heterocycles. The van der Waals surface area contributed by atoms with Crippen LogP contribution in [0.15, 0.2) is 18.2 Å². The highest BCUT2D eigenvalue weighted by molar-refractivity contribution is 7.86. The lowest BCUT2D eigenvalue weighted by molar-refractivity contribution is 0.584. The van der Waals surface area contributed by atoms with E-state index in [0.717, 1.165) is 11.4 Å². The van der Waals surface area contributed by atoms with Gasteiger partial charge in [-0.1, -0.05) is 7.26 Å². The van der Waals surface area contributed by atoms with Gasteiger partial charge in [-0.15, -0.1) is 0 Å². The molecule has 0 radical (unpaired) electrons. The first-order valence-electron chi connectivity index (χ1n) is 6.10. The minimum Gasteiger partial charge on any atom is -0.207 e. The van der Waals surface area contributed by atoms with Gasteiger partial charge in [0.25, 0.3) is 0 Å². The molecule has 0 N–H and O–H groups in total. The lowest BCUT2D eigenvalue weighted by Gasteiger charge is -2.50. The Hall–Kier alpha value is -0.490. The van der Waals surface area contributed by atoms with Crippen LogP contribution >= 0.6 is 7.26 Å². The molecule has 0 nitrogen and oxygen atoms in total. The van der Waals surface area contributed by atoms with Crippen molar-refractivity contribution in [1.29, 1.82) is 0 Å². The fourth-order valence-corrected chi connectivity index (χ4v) is 6.79. The van der Waals surface area contributed by atoms with Gasteiger partial charge in [-0.2, -0.15) is 6.66 Å². The van der Waals surface area contributed by atoms with E-state index in [0.29, 0.717) is 0 Å². The number of hydrogen-bond acceptors (Lipinski definition) is 0. The molecule has 0 aliphatic heterocycles. The van der Waals surface area contributed by atoms with Crippen LogP contribution in [0.1, 0.15) is 41.5 Å². The highest BCUT2D eigenvalue weighted by Gasteiger charge is 2.49. The fraction of sp³-hybridized carbons (Fsp3) is 0.533. The second-order valence-corrected chi connectivity index (χ2v) is 11.6. The minimum atomic E-state index is -1.97. The van der Waals surface area contributed by atoms with Crippen molar-refractivity contribution in [3.05, 3.63) is 36.5 Å². The van der Waals surface area contributed by atoms with Crippen LogP contribution in [0.4, 0.5) is 8.78 Å². The highest BCUT2D eigenvalue weighted by atomic mass is 31.2. The summed E-state index contributed by atoms with van der Waals surface area (Å²) in [7, 11) is -1.97. The minimum absolute atomic E-state index is 0.106. The third kappa shape index (κ3) is 2.59. The topological polar surface area (TPSA) is 0 Å². The highest BCUT2D eigenvalue weighted by Crippen LogP contribution is 2.74. The van der Waals surface area contributed by atoms with Crippen LogP contribution in [-0.2, 0) is 0 Å². The SMILES string of the molecule is [CH2-][P+](c1cc(F)cc(F)c1)(C(C)(C)C)C(C)(C)C. The average Bonchev–Trinajstić information content (AvgIpc) is 2.11. The molecule has 0 unspecified atom stereocenters. The maximum atomic E-state index is 13.5. The molecule has 0 amide bonds. The van der Waals surface area contributed by atoms with Gasteiger partial charge in [0.1, 0.15) is 11.6 Å². The van der Waals surface area contributed by atoms with Gasteiger partial charge in [-0.25, -0.2) is 8.78 Å². The molecular formula is C15H23F2P. The predicted octanol–water partition coefficient (Wildman–Crippen LogP) is 5.00. The van der Waals surface area contributed by atoms with Crippen molar-refractivity contribution < 1.29 is 8.78 Å². The molecule has 0 aliphatic carbocycles. The molecule has 1 aromatic rings. The summed E-state index contributed by atoms with van der Waals surface area (Å²) in [5.74, 6) is -1.04. The third-order valence-electron chi connectivity index (χ3n) is 3.58. The molecule has 0 fully saturated rings. The number of halogens is 2. The summed E-state index contributed by atoms with van der Waals surface area (Å²) >= 11 is 0. The fourth-order valence-electron chi connectivity index (χ4n) is 2.54.